The van der Waals surface area contributed by atoms with Crippen molar-refractivity contribution in [3.05, 3.63) is 64.2 Å². The predicted octanol–water partition coefficient (Wildman–Crippen LogP) is 3.78. The molecule has 0 aliphatic heterocycles. The Kier molecular flexibility index (Phi) is 5.52. The number of nitrogens with one attached hydrogen (secondary N) is 2. The van der Waals surface area contributed by atoms with Crippen molar-refractivity contribution in [2.24, 2.45) is 0 Å². The van der Waals surface area contributed by atoms with Gasteiger partial charge in [-0.2, -0.15) is 0 Å². The Hall–Kier alpha value is -2.18. The lowest BCUT2D eigenvalue weighted by Crippen LogP contribution is -2.33. The standard InChI is InChI=1S/C16H15ClF2N2O2/c1-9-5-6-10(17)7-13(9)21-16(23)20-8-14(22)15-11(18)3-2-4-12(15)19/h2-7,14,22H,8H2,1H3,(H2,20,21,23). The summed E-state index contributed by atoms with van der Waals surface area (Å²) in [6, 6.07) is 7.65. The number of aliphatic hydroxyl groups excluding tert-OH is 1. The first kappa shape index (κ1) is 17.2. The third kappa shape index (κ3) is 4.40. The molecular formula is C16H15ClF2N2O2. The minimum atomic E-state index is -1.50. The molecule has 0 radical (unpaired) electrons. The van der Waals surface area contributed by atoms with E-state index in [1.54, 1.807) is 25.1 Å². The van der Waals surface area contributed by atoms with Gasteiger partial charge in [0.2, 0.25) is 0 Å². The summed E-state index contributed by atoms with van der Waals surface area (Å²) < 4.78 is 27.1. The third-order valence-corrected chi connectivity index (χ3v) is 3.47. The van der Waals surface area contributed by atoms with Gasteiger partial charge in [0.25, 0.3) is 0 Å². The van der Waals surface area contributed by atoms with E-state index in [9.17, 15) is 18.7 Å². The number of halogens is 3. The van der Waals surface area contributed by atoms with Crippen LogP contribution in [0.2, 0.25) is 5.02 Å². The van der Waals surface area contributed by atoms with Gasteiger partial charge in [0.05, 0.1) is 5.56 Å². The second kappa shape index (κ2) is 7.39. The summed E-state index contributed by atoms with van der Waals surface area (Å²) in [5.74, 6) is -1.74. The van der Waals surface area contributed by atoms with Crippen LogP contribution in [-0.4, -0.2) is 17.7 Å². The Morgan fingerprint density at radius 1 is 1.26 bits per heavy atom. The highest BCUT2D eigenvalue weighted by molar-refractivity contribution is 6.31. The molecule has 1 unspecified atom stereocenters. The molecule has 0 fully saturated rings. The van der Waals surface area contributed by atoms with E-state index < -0.39 is 29.3 Å². The molecule has 0 aliphatic carbocycles. The van der Waals surface area contributed by atoms with Gasteiger partial charge in [-0.25, -0.2) is 13.6 Å². The van der Waals surface area contributed by atoms with Crippen molar-refractivity contribution in [2.75, 3.05) is 11.9 Å². The van der Waals surface area contributed by atoms with Gasteiger partial charge in [-0.1, -0.05) is 23.7 Å². The summed E-state index contributed by atoms with van der Waals surface area (Å²) in [4.78, 5) is 11.8. The van der Waals surface area contributed by atoms with Crippen LogP contribution >= 0.6 is 11.6 Å². The molecule has 0 aromatic heterocycles. The zero-order chi connectivity index (χ0) is 17.0. The monoisotopic (exact) mass is 340 g/mol. The number of carbonyl (C=O) groups excluding carboxylic acids is 1. The Morgan fingerprint density at radius 3 is 2.57 bits per heavy atom. The fourth-order valence-corrected chi connectivity index (χ4v) is 2.19. The van der Waals surface area contributed by atoms with Crippen molar-refractivity contribution in [1.29, 1.82) is 0 Å². The number of benzene rings is 2. The summed E-state index contributed by atoms with van der Waals surface area (Å²) in [5.41, 5.74) is 0.818. The highest BCUT2D eigenvalue weighted by atomic mass is 35.5. The number of carbonyl (C=O) groups is 1. The molecule has 2 rings (SSSR count). The molecule has 0 spiro atoms. The number of aliphatic hydroxyl groups is 1. The zero-order valence-corrected chi connectivity index (χ0v) is 13.0. The van der Waals surface area contributed by atoms with Crippen LogP contribution in [-0.2, 0) is 0 Å². The normalized spacial score (nSPS) is 11.9. The quantitative estimate of drug-likeness (QED) is 0.793. The van der Waals surface area contributed by atoms with E-state index in [-0.39, 0.29) is 6.54 Å². The molecule has 122 valence electrons. The highest BCUT2D eigenvalue weighted by Crippen LogP contribution is 2.21. The summed E-state index contributed by atoms with van der Waals surface area (Å²) in [6.45, 7) is 1.44. The minimum absolute atomic E-state index is 0.344. The number of rotatable bonds is 4. The van der Waals surface area contributed by atoms with Crippen molar-refractivity contribution < 1.29 is 18.7 Å². The van der Waals surface area contributed by atoms with E-state index in [2.05, 4.69) is 10.6 Å². The maximum absolute atomic E-state index is 13.5. The largest absolute Gasteiger partial charge is 0.386 e. The maximum Gasteiger partial charge on any atom is 0.319 e. The van der Waals surface area contributed by atoms with Crippen LogP contribution in [0.4, 0.5) is 19.3 Å². The van der Waals surface area contributed by atoms with Gasteiger partial charge in [0.1, 0.15) is 17.7 Å². The van der Waals surface area contributed by atoms with Gasteiger partial charge in [-0.15, -0.1) is 0 Å². The lowest BCUT2D eigenvalue weighted by molar-refractivity contribution is 0.166. The number of amides is 2. The average Bonchev–Trinajstić information content (AvgIpc) is 2.49. The molecule has 2 aromatic rings. The van der Waals surface area contributed by atoms with Crippen molar-refractivity contribution in [3.8, 4) is 0 Å². The van der Waals surface area contributed by atoms with Crippen LogP contribution in [0.1, 0.15) is 17.2 Å². The summed E-state index contributed by atoms with van der Waals surface area (Å²) in [6.07, 6.45) is -1.50. The van der Waals surface area contributed by atoms with E-state index in [4.69, 9.17) is 11.6 Å². The molecule has 3 N–H and O–H groups in total. The van der Waals surface area contributed by atoms with Crippen LogP contribution in [0.5, 0.6) is 0 Å². The van der Waals surface area contributed by atoms with E-state index in [0.29, 0.717) is 10.7 Å². The minimum Gasteiger partial charge on any atom is -0.386 e. The van der Waals surface area contributed by atoms with Crippen LogP contribution < -0.4 is 10.6 Å². The lowest BCUT2D eigenvalue weighted by Gasteiger charge is -2.15. The molecule has 0 saturated heterocycles. The summed E-state index contributed by atoms with van der Waals surface area (Å²) >= 11 is 5.85. The van der Waals surface area contributed by atoms with Gasteiger partial charge < -0.3 is 15.7 Å². The van der Waals surface area contributed by atoms with Gasteiger partial charge in [0, 0.05) is 17.3 Å². The van der Waals surface area contributed by atoms with Crippen LogP contribution in [0.15, 0.2) is 36.4 Å². The van der Waals surface area contributed by atoms with Crippen molar-refractivity contribution in [2.45, 2.75) is 13.0 Å². The van der Waals surface area contributed by atoms with Gasteiger partial charge in [-0.3, -0.25) is 0 Å². The van der Waals surface area contributed by atoms with Crippen LogP contribution in [0.3, 0.4) is 0 Å². The Morgan fingerprint density at radius 2 is 1.91 bits per heavy atom. The maximum atomic E-state index is 13.5. The number of hydrogen-bond acceptors (Lipinski definition) is 2. The Bertz CT molecular complexity index is 705. The average molecular weight is 341 g/mol. The molecule has 0 saturated carbocycles. The number of aryl methyl sites for hydroxylation is 1. The fourth-order valence-electron chi connectivity index (χ4n) is 2.02. The Labute approximate surface area is 137 Å². The first-order valence-electron chi connectivity index (χ1n) is 6.81. The van der Waals surface area contributed by atoms with Crippen molar-refractivity contribution in [3.63, 3.8) is 0 Å². The Balaban J connectivity index is 1.98. The van der Waals surface area contributed by atoms with E-state index >= 15 is 0 Å². The molecule has 2 amide bonds. The summed E-state index contributed by atoms with van der Waals surface area (Å²) in [5, 5.41) is 15.2. The molecule has 2 aromatic carbocycles. The molecule has 0 aliphatic rings. The van der Waals surface area contributed by atoms with Gasteiger partial charge >= 0.3 is 6.03 Å². The van der Waals surface area contributed by atoms with Crippen molar-refractivity contribution in [1.82, 2.24) is 5.32 Å². The fraction of sp³-hybridized carbons (Fsp3) is 0.188. The smallest absolute Gasteiger partial charge is 0.319 e. The number of urea groups is 1. The molecule has 23 heavy (non-hydrogen) atoms. The highest BCUT2D eigenvalue weighted by Gasteiger charge is 2.18. The molecule has 1 atom stereocenters. The number of hydrogen-bond donors (Lipinski definition) is 3. The molecular weight excluding hydrogens is 326 g/mol. The zero-order valence-electron chi connectivity index (χ0n) is 12.2. The summed E-state index contributed by atoms with van der Waals surface area (Å²) in [7, 11) is 0. The molecule has 0 heterocycles. The van der Waals surface area contributed by atoms with E-state index in [1.807, 2.05) is 0 Å². The molecule has 0 bridgehead atoms. The third-order valence-electron chi connectivity index (χ3n) is 3.24. The van der Waals surface area contributed by atoms with E-state index in [0.717, 1.165) is 17.7 Å². The van der Waals surface area contributed by atoms with Crippen LogP contribution in [0, 0.1) is 18.6 Å². The second-order valence-corrected chi connectivity index (χ2v) is 5.38. The first-order valence-corrected chi connectivity index (χ1v) is 7.19. The van der Waals surface area contributed by atoms with Gasteiger partial charge in [0.15, 0.2) is 0 Å². The van der Waals surface area contributed by atoms with Crippen LogP contribution in [0.25, 0.3) is 0 Å². The lowest BCUT2D eigenvalue weighted by atomic mass is 10.1. The van der Waals surface area contributed by atoms with E-state index in [1.165, 1.54) is 6.07 Å². The first-order chi connectivity index (χ1) is 10.9. The second-order valence-electron chi connectivity index (χ2n) is 4.95. The number of anilines is 1. The predicted molar refractivity (Wildman–Crippen MR) is 84.5 cm³/mol. The van der Waals surface area contributed by atoms with Gasteiger partial charge in [-0.05, 0) is 36.8 Å². The van der Waals surface area contributed by atoms with Crippen molar-refractivity contribution >= 4 is 23.3 Å². The SMILES string of the molecule is Cc1ccc(Cl)cc1NC(=O)NCC(O)c1c(F)cccc1F. The topological polar surface area (TPSA) is 61.4 Å². The molecule has 4 nitrogen and oxygen atoms in total. The molecule has 7 heteroatoms.